The maximum Gasteiger partial charge on any atom is 0.389 e. The van der Waals surface area contributed by atoms with Crippen LogP contribution in [-0.4, -0.2) is 6.18 Å². The zero-order valence-electron chi connectivity index (χ0n) is 6.50. The average Bonchev–Trinajstić information content (AvgIpc) is 1.60. The van der Waals surface area contributed by atoms with Crippen molar-refractivity contribution in [3.05, 3.63) is 0 Å². The zero-order chi connectivity index (χ0) is 8.36. The van der Waals surface area contributed by atoms with Gasteiger partial charge < -0.3 is 0 Å². The lowest BCUT2D eigenvalue weighted by Gasteiger charge is -2.16. The quantitative estimate of drug-likeness (QED) is 0.572. The van der Waals surface area contributed by atoms with Crippen LogP contribution in [0.4, 0.5) is 13.2 Å². The molecule has 3 heteroatoms. The van der Waals surface area contributed by atoms with Gasteiger partial charge in [-0.3, -0.25) is 0 Å². The maximum atomic E-state index is 11.7. The molecule has 0 aromatic carbocycles. The molecule has 0 aromatic rings. The number of rotatable bonds is 2. The summed E-state index contributed by atoms with van der Waals surface area (Å²) < 4.78 is 35.0. The molecule has 0 aliphatic carbocycles. The van der Waals surface area contributed by atoms with Crippen molar-refractivity contribution in [1.82, 2.24) is 0 Å². The van der Waals surface area contributed by atoms with Gasteiger partial charge in [-0.25, -0.2) is 0 Å². The van der Waals surface area contributed by atoms with E-state index in [2.05, 4.69) is 0 Å². The highest BCUT2D eigenvalue weighted by Gasteiger charge is 2.30. The zero-order valence-corrected chi connectivity index (χ0v) is 6.50. The molecule has 0 aliphatic rings. The molecule has 0 fully saturated rings. The minimum atomic E-state index is -4.00. The Labute approximate surface area is 59.4 Å². The molecule has 0 N–H and O–H groups in total. The first-order chi connectivity index (χ1) is 4.33. The van der Waals surface area contributed by atoms with E-state index in [0.29, 0.717) is 0 Å². The number of hydrogen-bond donors (Lipinski definition) is 0. The lowest BCUT2D eigenvalue weighted by atomic mass is 9.95. The summed E-state index contributed by atoms with van der Waals surface area (Å²) in [6.07, 6.45) is -4.66. The molecule has 10 heavy (non-hydrogen) atoms. The predicted molar refractivity (Wildman–Crippen MR) is 34.7 cm³/mol. The summed E-state index contributed by atoms with van der Waals surface area (Å²) >= 11 is 0. The fraction of sp³-hybridized carbons (Fsp3) is 1.00. The fourth-order valence-corrected chi connectivity index (χ4v) is 0.601. The van der Waals surface area contributed by atoms with Crippen molar-refractivity contribution in [2.24, 2.45) is 11.8 Å². The van der Waals surface area contributed by atoms with Gasteiger partial charge in [0.05, 0.1) is 0 Å². The lowest BCUT2D eigenvalue weighted by Crippen LogP contribution is -2.16. The van der Waals surface area contributed by atoms with Gasteiger partial charge in [-0.1, -0.05) is 20.8 Å². The molecule has 0 amide bonds. The van der Waals surface area contributed by atoms with Gasteiger partial charge in [0, 0.05) is 6.42 Å². The van der Waals surface area contributed by atoms with Gasteiger partial charge in [0.15, 0.2) is 0 Å². The molecule has 0 bridgehead atoms. The summed E-state index contributed by atoms with van der Waals surface area (Å²) in [6, 6.07) is 0. The second-order valence-corrected chi connectivity index (χ2v) is 3.04. The summed E-state index contributed by atoms with van der Waals surface area (Å²) in [7, 11) is 0. The first kappa shape index (κ1) is 9.79. The highest BCUT2D eigenvalue weighted by atomic mass is 19.4. The van der Waals surface area contributed by atoms with E-state index in [1.165, 1.54) is 0 Å². The first-order valence-electron chi connectivity index (χ1n) is 3.39. The van der Waals surface area contributed by atoms with Gasteiger partial charge in [-0.2, -0.15) is 13.2 Å². The molecule has 0 aliphatic heterocycles. The van der Waals surface area contributed by atoms with Crippen LogP contribution >= 0.6 is 0 Å². The van der Waals surface area contributed by atoms with Gasteiger partial charge in [-0.15, -0.1) is 0 Å². The number of halogens is 3. The lowest BCUT2D eigenvalue weighted by molar-refractivity contribution is -0.146. The predicted octanol–water partition coefficient (Wildman–Crippen LogP) is 3.23. The molecule has 0 rings (SSSR count). The Hall–Kier alpha value is -0.210. The third kappa shape index (κ3) is 4.65. The largest absolute Gasteiger partial charge is 0.389 e. The van der Waals surface area contributed by atoms with E-state index in [0.717, 1.165) is 0 Å². The van der Waals surface area contributed by atoms with Crippen molar-refractivity contribution < 1.29 is 13.2 Å². The Morgan fingerprint density at radius 1 is 1.10 bits per heavy atom. The first-order valence-corrected chi connectivity index (χ1v) is 3.39. The summed E-state index contributed by atoms with van der Waals surface area (Å²) in [5.41, 5.74) is 0. The molecule has 0 saturated heterocycles. The Morgan fingerprint density at radius 3 is 1.60 bits per heavy atom. The molecule has 0 aromatic heterocycles. The van der Waals surface area contributed by atoms with Gasteiger partial charge in [-0.05, 0) is 11.8 Å². The van der Waals surface area contributed by atoms with Crippen molar-refractivity contribution in [3.8, 4) is 0 Å². The standard InChI is InChI=1S/C7H13F3/c1-5(2)6(3)4-7(8,9)10/h5-6H,4H2,1-3H3/t6-/m1/s1. The van der Waals surface area contributed by atoms with Crippen molar-refractivity contribution in [2.45, 2.75) is 33.4 Å². The van der Waals surface area contributed by atoms with Crippen molar-refractivity contribution in [3.63, 3.8) is 0 Å². The van der Waals surface area contributed by atoms with Crippen LogP contribution in [-0.2, 0) is 0 Å². The Bertz CT molecular complexity index is 93.5. The molecule has 0 heterocycles. The van der Waals surface area contributed by atoms with E-state index in [9.17, 15) is 13.2 Å². The second-order valence-electron chi connectivity index (χ2n) is 3.04. The molecule has 1 atom stereocenters. The van der Waals surface area contributed by atoms with Gasteiger partial charge in [0.2, 0.25) is 0 Å². The van der Waals surface area contributed by atoms with E-state index in [1.807, 2.05) is 0 Å². The molecule has 0 radical (unpaired) electrons. The third-order valence-corrected chi connectivity index (χ3v) is 1.69. The van der Waals surface area contributed by atoms with Crippen molar-refractivity contribution >= 4 is 0 Å². The topological polar surface area (TPSA) is 0 Å². The van der Waals surface area contributed by atoms with Crippen molar-refractivity contribution in [2.75, 3.05) is 0 Å². The highest BCUT2D eigenvalue weighted by Crippen LogP contribution is 2.28. The summed E-state index contributed by atoms with van der Waals surface area (Å²) in [6.45, 7) is 5.23. The molecule has 0 nitrogen and oxygen atoms in total. The van der Waals surface area contributed by atoms with Gasteiger partial charge in [0.1, 0.15) is 0 Å². The van der Waals surface area contributed by atoms with Crippen LogP contribution in [0.5, 0.6) is 0 Å². The number of hydrogen-bond acceptors (Lipinski definition) is 0. The van der Waals surface area contributed by atoms with E-state index < -0.39 is 12.6 Å². The van der Waals surface area contributed by atoms with E-state index >= 15 is 0 Å². The average molecular weight is 154 g/mol. The smallest absolute Gasteiger partial charge is 0.171 e. The molecule has 0 saturated carbocycles. The monoisotopic (exact) mass is 154 g/mol. The van der Waals surface area contributed by atoms with Crippen LogP contribution in [0.25, 0.3) is 0 Å². The Kier molecular flexibility index (Phi) is 3.19. The van der Waals surface area contributed by atoms with Crippen LogP contribution in [0.15, 0.2) is 0 Å². The van der Waals surface area contributed by atoms with Crippen molar-refractivity contribution in [1.29, 1.82) is 0 Å². The number of alkyl halides is 3. The SMILES string of the molecule is CC(C)[C@H](C)CC(F)(F)F. The van der Waals surface area contributed by atoms with Crippen LogP contribution < -0.4 is 0 Å². The highest BCUT2D eigenvalue weighted by molar-refractivity contribution is 4.61. The van der Waals surface area contributed by atoms with Crippen LogP contribution in [0, 0.1) is 11.8 Å². The molecule has 0 unspecified atom stereocenters. The summed E-state index contributed by atoms with van der Waals surface area (Å²) in [5, 5.41) is 0. The van der Waals surface area contributed by atoms with Crippen LogP contribution in [0.3, 0.4) is 0 Å². The molecular weight excluding hydrogens is 141 g/mol. The summed E-state index contributed by atoms with van der Waals surface area (Å²) in [5.74, 6) is -0.151. The molecular formula is C7H13F3. The second kappa shape index (κ2) is 3.26. The van der Waals surface area contributed by atoms with E-state index in [1.54, 1.807) is 20.8 Å². The fourth-order valence-electron chi connectivity index (χ4n) is 0.601. The molecule has 0 spiro atoms. The van der Waals surface area contributed by atoms with E-state index in [4.69, 9.17) is 0 Å². The Morgan fingerprint density at radius 2 is 1.50 bits per heavy atom. The Balaban J connectivity index is 3.68. The maximum absolute atomic E-state index is 11.7. The van der Waals surface area contributed by atoms with Crippen LogP contribution in [0.2, 0.25) is 0 Å². The normalized spacial score (nSPS) is 15.9. The third-order valence-electron chi connectivity index (χ3n) is 1.69. The summed E-state index contributed by atoms with van der Waals surface area (Å²) in [4.78, 5) is 0. The van der Waals surface area contributed by atoms with Gasteiger partial charge >= 0.3 is 6.18 Å². The minimum absolute atomic E-state index is 0.113. The van der Waals surface area contributed by atoms with E-state index in [-0.39, 0.29) is 11.8 Å². The minimum Gasteiger partial charge on any atom is -0.171 e. The molecule has 62 valence electrons. The van der Waals surface area contributed by atoms with Gasteiger partial charge in [0.25, 0.3) is 0 Å². The van der Waals surface area contributed by atoms with Crippen LogP contribution in [0.1, 0.15) is 27.2 Å².